The van der Waals surface area contributed by atoms with Gasteiger partial charge in [0, 0.05) is 10.6 Å². The summed E-state index contributed by atoms with van der Waals surface area (Å²) in [7, 11) is 0. The number of ether oxygens (including phenoxy) is 1. The molecule has 2 rings (SSSR count). The third-order valence-electron chi connectivity index (χ3n) is 2.64. The summed E-state index contributed by atoms with van der Waals surface area (Å²) in [5, 5.41) is 4.44. The zero-order valence-corrected chi connectivity index (χ0v) is 12.3. The molecule has 0 spiro atoms. The summed E-state index contributed by atoms with van der Waals surface area (Å²) in [5.74, 6) is 0.456. The average molecular weight is 303 g/mol. The summed E-state index contributed by atoms with van der Waals surface area (Å²) in [6.07, 6.45) is 1.56. The SMILES string of the molecule is CCOc1cccc(/C=N/NC(=O)c2cccc(Cl)c2)c1. The molecule has 0 radical (unpaired) electrons. The van der Waals surface area contributed by atoms with Crippen LogP contribution in [0.4, 0.5) is 0 Å². The van der Waals surface area contributed by atoms with Gasteiger partial charge < -0.3 is 4.74 Å². The lowest BCUT2D eigenvalue weighted by molar-refractivity contribution is 0.0955. The zero-order chi connectivity index (χ0) is 15.1. The maximum atomic E-state index is 11.8. The first kappa shape index (κ1) is 15.1. The molecule has 0 saturated heterocycles. The van der Waals surface area contributed by atoms with Gasteiger partial charge in [-0.05, 0) is 42.8 Å². The first-order valence-electron chi connectivity index (χ1n) is 6.51. The predicted molar refractivity (Wildman–Crippen MR) is 84.1 cm³/mol. The molecule has 4 nitrogen and oxygen atoms in total. The minimum absolute atomic E-state index is 0.310. The predicted octanol–water partition coefficient (Wildman–Crippen LogP) is 3.50. The number of hydrogen-bond donors (Lipinski definition) is 1. The van der Waals surface area contributed by atoms with E-state index in [1.807, 2.05) is 31.2 Å². The van der Waals surface area contributed by atoms with Crippen molar-refractivity contribution in [1.29, 1.82) is 0 Å². The lowest BCUT2D eigenvalue weighted by atomic mass is 10.2. The van der Waals surface area contributed by atoms with E-state index in [0.717, 1.165) is 11.3 Å². The van der Waals surface area contributed by atoms with Crippen molar-refractivity contribution < 1.29 is 9.53 Å². The van der Waals surface area contributed by atoms with Crippen LogP contribution < -0.4 is 10.2 Å². The van der Waals surface area contributed by atoms with E-state index in [9.17, 15) is 4.79 Å². The van der Waals surface area contributed by atoms with Crippen LogP contribution in [0, 0.1) is 0 Å². The highest BCUT2D eigenvalue weighted by atomic mass is 35.5. The van der Waals surface area contributed by atoms with Crippen molar-refractivity contribution in [3.05, 3.63) is 64.7 Å². The van der Waals surface area contributed by atoms with E-state index in [2.05, 4.69) is 10.5 Å². The van der Waals surface area contributed by atoms with Crippen LogP contribution in [0.25, 0.3) is 0 Å². The van der Waals surface area contributed by atoms with Crippen molar-refractivity contribution in [3.8, 4) is 5.75 Å². The van der Waals surface area contributed by atoms with Crippen LogP contribution in [0.3, 0.4) is 0 Å². The van der Waals surface area contributed by atoms with E-state index in [1.54, 1.807) is 30.5 Å². The van der Waals surface area contributed by atoms with Gasteiger partial charge in [0.1, 0.15) is 5.75 Å². The first-order valence-corrected chi connectivity index (χ1v) is 6.88. The van der Waals surface area contributed by atoms with Crippen LogP contribution in [0.15, 0.2) is 53.6 Å². The largest absolute Gasteiger partial charge is 0.494 e. The Balaban J connectivity index is 1.99. The summed E-state index contributed by atoms with van der Waals surface area (Å²) in [6.45, 7) is 2.53. The number of benzene rings is 2. The molecule has 0 aliphatic carbocycles. The molecule has 0 bridgehead atoms. The van der Waals surface area contributed by atoms with E-state index in [4.69, 9.17) is 16.3 Å². The molecule has 0 heterocycles. The second kappa shape index (κ2) is 7.45. The number of hydrazone groups is 1. The Labute approximate surface area is 128 Å². The number of rotatable bonds is 5. The number of hydrogen-bond acceptors (Lipinski definition) is 3. The van der Waals surface area contributed by atoms with Gasteiger partial charge in [0.25, 0.3) is 5.91 Å². The standard InChI is InChI=1S/C16H15ClN2O2/c1-2-21-15-8-3-5-12(9-15)11-18-19-16(20)13-6-4-7-14(17)10-13/h3-11H,2H2,1H3,(H,19,20)/b18-11+. The lowest BCUT2D eigenvalue weighted by Crippen LogP contribution is -2.17. The van der Waals surface area contributed by atoms with Crippen LogP contribution in [-0.2, 0) is 0 Å². The molecular weight excluding hydrogens is 288 g/mol. The fraction of sp³-hybridized carbons (Fsp3) is 0.125. The molecule has 2 aromatic rings. The Bertz CT molecular complexity index is 656. The van der Waals surface area contributed by atoms with Crippen LogP contribution in [-0.4, -0.2) is 18.7 Å². The fourth-order valence-electron chi connectivity index (χ4n) is 1.71. The fourth-order valence-corrected chi connectivity index (χ4v) is 1.90. The van der Waals surface area contributed by atoms with Crippen molar-refractivity contribution in [2.45, 2.75) is 6.92 Å². The Kier molecular flexibility index (Phi) is 5.35. The van der Waals surface area contributed by atoms with Crippen molar-refractivity contribution in [1.82, 2.24) is 5.43 Å². The van der Waals surface area contributed by atoms with Crippen LogP contribution in [0.1, 0.15) is 22.8 Å². The quantitative estimate of drug-likeness (QED) is 0.679. The third-order valence-corrected chi connectivity index (χ3v) is 2.87. The van der Waals surface area contributed by atoms with Gasteiger partial charge in [-0.1, -0.05) is 29.8 Å². The molecule has 21 heavy (non-hydrogen) atoms. The molecule has 2 aromatic carbocycles. The van der Waals surface area contributed by atoms with E-state index in [-0.39, 0.29) is 5.91 Å². The van der Waals surface area contributed by atoms with Crippen molar-refractivity contribution in [2.24, 2.45) is 5.10 Å². The number of carbonyl (C=O) groups excluding carboxylic acids is 1. The van der Waals surface area contributed by atoms with Gasteiger partial charge in [0.15, 0.2) is 0 Å². The summed E-state index contributed by atoms with van der Waals surface area (Å²) in [6, 6.07) is 14.1. The molecule has 1 amide bonds. The van der Waals surface area contributed by atoms with Gasteiger partial charge in [-0.2, -0.15) is 5.10 Å². The zero-order valence-electron chi connectivity index (χ0n) is 11.5. The minimum atomic E-state index is -0.310. The third kappa shape index (κ3) is 4.61. The van der Waals surface area contributed by atoms with Gasteiger partial charge >= 0.3 is 0 Å². The molecule has 1 N–H and O–H groups in total. The maximum absolute atomic E-state index is 11.8. The van der Waals surface area contributed by atoms with Gasteiger partial charge in [-0.15, -0.1) is 0 Å². The smallest absolute Gasteiger partial charge is 0.271 e. The molecule has 0 aliphatic heterocycles. The highest BCUT2D eigenvalue weighted by molar-refractivity contribution is 6.30. The monoisotopic (exact) mass is 302 g/mol. The maximum Gasteiger partial charge on any atom is 0.271 e. The summed E-state index contributed by atoms with van der Waals surface area (Å²) in [5.41, 5.74) is 3.76. The molecule has 0 aromatic heterocycles. The first-order chi connectivity index (χ1) is 10.2. The van der Waals surface area contributed by atoms with Crippen molar-refractivity contribution in [2.75, 3.05) is 6.61 Å². The Morgan fingerprint density at radius 1 is 1.29 bits per heavy atom. The van der Waals surface area contributed by atoms with Gasteiger partial charge in [-0.25, -0.2) is 5.43 Å². The topological polar surface area (TPSA) is 50.7 Å². The van der Waals surface area contributed by atoms with Crippen molar-refractivity contribution in [3.63, 3.8) is 0 Å². The van der Waals surface area contributed by atoms with Gasteiger partial charge in [0.2, 0.25) is 0 Å². The molecule has 0 saturated carbocycles. The molecular formula is C16H15ClN2O2. The molecule has 0 fully saturated rings. The molecule has 0 unspecified atom stereocenters. The minimum Gasteiger partial charge on any atom is -0.494 e. The number of amides is 1. The van der Waals surface area contributed by atoms with Gasteiger partial charge in [0.05, 0.1) is 12.8 Å². The summed E-state index contributed by atoms with van der Waals surface area (Å²) >= 11 is 5.83. The average Bonchev–Trinajstić information content (AvgIpc) is 2.48. The van der Waals surface area contributed by atoms with Gasteiger partial charge in [-0.3, -0.25) is 4.79 Å². The number of nitrogens with one attached hydrogen (secondary N) is 1. The van der Waals surface area contributed by atoms with Crippen LogP contribution >= 0.6 is 11.6 Å². The highest BCUT2D eigenvalue weighted by Gasteiger charge is 2.03. The van der Waals surface area contributed by atoms with E-state index in [0.29, 0.717) is 17.2 Å². The van der Waals surface area contributed by atoms with E-state index < -0.39 is 0 Å². The summed E-state index contributed by atoms with van der Waals surface area (Å²) < 4.78 is 5.39. The molecule has 108 valence electrons. The molecule has 5 heteroatoms. The Hall–Kier alpha value is -2.33. The van der Waals surface area contributed by atoms with E-state index >= 15 is 0 Å². The number of halogens is 1. The number of carbonyl (C=O) groups is 1. The normalized spacial score (nSPS) is 10.6. The Morgan fingerprint density at radius 3 is 2.86 bits per heavy atom. The second-order valence-corrected chi connectivity index (χ2v) is 4.65. The van der Waals surface area contributed by atoms with E-state index in [1.165, 1.54) is 0 Å². The molecule has 0 atom stereocenters. The highest BCUT2D eigenvalue weighted by Crippen LogP contribution is 2.12. The Morgan fingerprint density at radius 2 is 2.10 bits per heavy atom. The number of nitrogens with zero attached hydrogens (tertiary/aromatic N) is 1. The van der Waals surface area contributed by atoms with Crippen LogP contribution in [0.2, 0.25) is 5.02 Å². The summed E-state index contributed by atoms with van der Waals surface area (Å²) in [4.78, 5) is 11.8. The lowest BCUT2D eigenvalue weighted by Gasteiger charge is -2.03. The van der Waals surface area contributed by atoms with Crippen LogP contribution in [0.5, 0.6) is 5.75 Å². The molecule has 0 aliphatic rings. The second-order valence-electron chi connectivity index (χ2n) is 4.21. The van der Waals surface area contributed by atoms with Crippen molar-refractivity contribution >= 4 is 23.7 Å².